The van der Waals surface area contributed by atoms with Crippen molar-refractivity contribution in [1.82, 2.24) is 9.80 Å². The number of rotatable bonds is 8. The molecule has 2 unspecified atom stereocenters. The van der Waals surface area contributed by atoms with Crippen molar-refractivity contribution < 1.29 is 4.79 Å². The predicted molar refractivity (Wildman–Crippen MR) is 79.9 cm³/mol. The van der Waals surface area contributed by atoms with Gasteiger partial charge in [-0.25, -0.2) is 0 Å². The molecular formula is C15H25N5O. The number of nitriles is 2. The van der Waals surface area contributed by atoms with Crippen LogP contribution in [0.1, 0.15) is 32.1 Å². The number of likely N-dealkylation sites (N-methyl/N-ethyl adjacent to an activating group) is 1. The van der Waals surface area contributed by atoms with Gasteiger partial charge in [-0.05, 0) is 32.4 Å². The first-order chi connectivity index (χ1) is 10.1. The monoisotopic (exact) mass is 291 g/mol. The molecule has 0 aromatic heterocycles. The van der Waals surface area contributed by atoms with Gasteiger partial charge in [-0.15, -0.1) is 0 Å². The van der Waals surface area contributed by atoms with Gasteiger partial charge in [0.1, 0.15) is 0 Å². The van der Waals surface area contributed by atoms with E-state index in [9.17, 15) is 4.79 Å². The summed E-state index contributed by atoms with van der Waals surface area (Å²) >= 11 is 0. The van der Waals surface area contributed by atoms with Gasteiger partial charge in [-0.3, -0.25) is 9.69 Å². The van der Waals surface area contributed by atoms with Crippen LogP contribution in [0, 0.1) is 28.6 Å². The molecule has 0 aliphatic heterocycles. The Morgan fingerprint density at radius 1 is 1.24 bits per heavy atom. The molecule has 1 fully saturated rings. The smallest absolute Gasteiger partial charge is 0.236 e. The quantitative estimate of drug-likeness (QED) is 0.710. The number of nitrogens with two attached hydrogens (primary N) is 1. The van der Waals surface area contributed by atoms with E-state index in [-0.39, 0.29) is 5.91 Å². The van der Waals surface area contributed by atoms with Crippen LogP contribution in [0.5, 0.6) is 0 Å². The van der Waals surface area contributed by atoms with Crippen LogP contribution < -0.4 is 5.73 Å². The molecule has 0 spiro atoms. The molecule has 1 saturated carbocycles. The molecule has 1 amide bonds. The van der Waals surface area contributed by atoms with Crippen molar-refractivity contribution in [2.75, 3.05) is 33.2 Å². The highest BCUT2D eigenvalue weighted by molar-refractivity contribution is 5.78. The maximum absolute atomic E-state index is 12.4. The van der Waals surface area contributed by atoms with E-state index in [0.29, 0.717) is 51.0 Å². The van der Waals surface area contributed by atoms with E-state index < -0.39 is 0 Å². The van der Waals surface area contributed by atoms with Crippen molar-refractivity contribution in [1.29, 1.82) is 10.5 Å². The van der Waals surface area contributed by atoms with Crippen LogP contribution in [0.25, 0.3) is 0 Å². The van der Waals surface area contributed by atoms with E-state index in [1.54, 1.807) is 4.90 Å². The summed E-state index contributed by atoms with van der Waals surface area (Å²) in [6.07, 6.45) is 3.98. The minimum Gasteiger partial charge on any atom is -0.340 e. The fourth-order valence-corrected chi connectivity index (χ4v) is 3.03. The third-order valence-electron chi connectivity index (χ3n) is 4.21. The molecular weight excluding hydrogens is 266 g/mol. The highest BCUT2D eigenvalue weighted by Crippen LogP contribution is 2.28. The summed E-state index contributed by atoms with van der Waals surface area (Å²) < 4.78 is 0. The van der Waals surface area contributed by atoms with Gasteiger partial charge in [0.05, 0.1) is 31.5 Å². The van der Waals surface area contributed by atoms with E-state index >= 15 is 0 Å². The van der Waals surface area contributed by atoms with Gasteiger partial charge in [0, 0.05) is 19.1 Å². The first kappa shape index (κ1) is 17.4. The Morgan fingerprint density at radius 2 is 1.86 bits per heavy atom. The second kappa shape index (κ2) is 9.33. The molecule has 0 heterocycles. The Labute approximate surface area is 127 Å². The highest BCUT2D eigenvalue weighted by Gasteiger charge is 2.30. The summed E-state index contributed by atoms with van der Waals surface area (Å²) in [5, 5.41) is 17.3. The lowest BCUT2D eigenvalue weighted by Gasteiger charge is -2.30. The molecule has 0 aromatic carbocycles. The average Bonchev–Trinajstić information content (AvgIpc) is 2.95. The second-order valence-corrected chi connectivity index (χ2v) is 5.61. The molecule has 2 N–H and O–H groups in total. The number of carbonyl (C=O) groups is 1. The first-order valence-corrected chi connectivity index (χ1v) is 7.56. The van der Waals surface area contributed by atoms with E-state index in [2.05, 4.69) is 4.90 Å². The molecule has 21 heavy (non-hydrogen) atoms. The Kier molecular flexibility index (Phi) is 7.74. The standard InChI is InChI=1S/C15H25N5O/c1-19(14-6-2-5-13(14)11-18)12-15(21)20(9-3-7-16)10-4-8-17/h13-14H,2-6,9-12,18H2,1H3. The second-order valence-electron chi connectivity index (χ2n) is 5.61. The van der Waals surface area contributed by atoms with Crippen molar-refractivity contribution >= 4 is 5.91 Å². The van der Waals surface area contributed by atoms with Crippen LogP contribution >= 0.6 is 0 Å². The minimum atomic E-state index is -0.00864. The normalized spacial score (nSPS) is 21.0. The molecule has 0 radical (unpaired) electrons. The Hall–Kier alpha value is -1.63. The number of carbonyl (C=O) groups excluding carboxylic acids is 1. The first-order valence-electron chi connectivity index (χ1n) is 7.56. The summed E-state index contributed by atoms with van der Waals surface area (Å²) in [7, 11) is 1.96. The molecule has 2 atom stereocenters. The maximum Gasteiger partial charge on any atom is 0.236 e. The van der Waals surface area contributed by atoms with Crippen molar-refractivity contribution in [3.8, 4) is 12.1 Å². The topological polar surface area (TPSA) is 97.1 Å². The van der Waals surface area contributed by atoms with Crippen molar-refractivity contribution in [3.63, 3.8) is 0 Å². The predicted octanol–water partition coefficient (Wildman–Crippen LogP) is 0.702. The van der Waals surface area contributed by atoms with Gasteiger partial charge < -0.3 is 10.6 Å². The van der Waals surface area contributed by atoms with Crippen LogP contribution in [0.3, 0.4) is 0 Å². The Morgan fingerprint density at radius 3 is 2.38 bits per heavy atom. The fraction of sp³-hybridized carbons (Fsp3) is 0.800. The molecule has 116 valence electrons. The van der Waals surface area contributed by atoms with Crippen molar-refractivity contribution in [2.45, 2.75) is 38.1 Å². The average molecular weight is 291 g/mol. The van der Waals surface area contributed by atoms with Gasteiger partial charge in [0.2, 0.25) is 5.91 Å². The molecule has 6 heteroatoms. The van der Waals surface area contributed by atoms with Gasteiger partial charge in [-0.1, -0.05) is 6.42 Å². The lowest BCUT2D eigenvalue weighted by Crippen LogP contribution is -2.45. The van der Waals surface area contributed by atoms with Crippen LogP contribution in [0.4, 0.5) is 0 Å². The van der Waals surface area contributed by atoms with E-state index in [1.165, 1.54) is 0 Å². The van der Waals surface area contributed by atoms with E-state index in [0.717, 1.165) is 19.3 Å². The van der Waals surface area contributed by atoms with Gasteiger partial charge in [0.25, 0.3) is 0 Å². The van der Waals surface area contributed by atoms with Crippen molar-refractivity contribution in [3.05, 3.63) is 0 Å². The number of nitrogens with zero attached hydrogens (tertiary/aromatic N) is 4. The van der Waals surface area contributed by atoms with Crippen LogP contribution in [0.15, 0.2) is 0 Å². The summed E-state index contributed by atoms with van der Waals surface area (Å²) in [4.78, 5) is 16.1. The number of hydrogen-bond acceptors (Lipinski definition) is 5. The summed E-state index contributed by atoms with van der Waals surface area (Å²) in [5.74, 6) is 0.458. The van der Waals surface area contributed by atoms with Crippen LogP contribution in [-0.2, 0) is 4.79 Å². The highest BCUT2D eigenvalue weighted by atomic mass is 16.2. The Balaban J connectivity index is 2.54. The van der Waals surface area contributed by atoms with Gasteiger partial charge in [0.15, 0.2) is 0 Å². The zero-order valence-corrected chi connectivity index (χ0v) is 12.8. The van der Waals surface area contributed by atoms with Gasteiger partial charge in [-0.2, -0.15) is 10.5 Å². The fourth-order valence-electron chi connectivity index (χ4n) is 3.03. The zero-order valence-electron chi connectivity index (χ0n) is 12.8. The SMILES string of the molecule is CN(CC(=O)N(CCC#N)CCC#N)C1CCCC1CN. The van der Waals surface area contributed by atoms with E-state index in [4.69, 9.17) is 16.3 Å². The summed E-state index contributed by atoms with van der Waals surface area (Å²) in [6, 6.07) is 4.46. The molecule has 0 saturated heterocycles. The molecule has 1 aliphatic rings. The molecule has 1 rings (SSSR count). The number of amides is 1. The minimum absolute atomic E-state index is 0.00864. The third-order valence-corrected chi connectivity index (χ3v) is 4.21. The largest absolute Gasteiger partial charge is 0.340 e. The third kappa shape index (κ3) is 5.34. The Bertz CT molecular complexity index is 393. The molecule has 1 aliphatic carbocycles. The van der Waals surface area contributed by atoms with Crippen molar-refractivity contribution in [2.24, 2.45) is 11.7 Å². The van der Waals surface area contributed by atoms with Crippen LogP contribution in [-0.4, -0.2) is 55.0 Å². The summed E-state index contributed by atoms with van der Waals surface area (Å²) in [6.45, 7) is 1.79. The summed E-state index contributed by atoms with van der Waals surface area (Å²) in [5.41, 5.74) is 5.79. The lowest BCUT2D eigenvalue weighted by molar-refractivity contribution is -0.132. The zero-order chi connectivity index (χ0) is 15.7. The van der Waals surface area contributed by atoms with E-state index in [1.807, 2.05) is 19.2 Å². The number of hydrogen-bond donors (Lipinski definition) is 1. The van der Waals surface area contributed by atoms with Gasteiger partial charge >= 0.3 is 0 Å². The lowest BCUT2D eigenvalue weighted by atomic mass is 10.0. The van der Waals surface area contributed by atoms with Crippen LogP contribution in [0.2, 0.25) is 0 Å². The molecule has 6 nitrogen and oxygen atoms in total. The maximum atomic E-state index is 12.4. The molecule has 0 aromatic rings. The molecule has 0 bridgehead atoms.